The number of benzene rings is 1. The summed E-state index contributed by atoms with van der Waals surface area (Å²) in [6.07, 6.45) is 1.48. The summed E-state index contributed by atoms with van der Waals surface area (Å²) in [4.78, 5) is 36.9. The molecule has 136 valence electrons. The lowest BCUT2D eigenvalue weighted by molar-refractivity contribution is -0.140. The number of rotatable bonds is 7. The smallest absolute Gasteiger partial charge is 0.307 e. The molecule has 0 radical (unpaired) electrons. The van der Waals surface area contributed by atoms with Crippen LogP contribution < -0.4 is 5.32 Å². The van der Waals surface area contributed by atoms with Crippen molar-refractivity contribution in [3.05, 3.63) is 35.6 Å². The van der Waals surface area contributed by atoms with Crippen LogP contribution in [0.1, 0.15) is 24.8 Å². The van der Waals surface area contributed by atoms with Crippen LogP contribution in [-0.2, 0) is 25.5 Å². The van der Waals surface area contributed by atoms with Crippen LogP contribution in [0.2, 0.25) is 0 Å². The van der Waals surface area contributed by atoms with Gasteiger partial charge in [-0.3, -0.25) is 14.4 Å². The highest BCUT2D eigenvalue weighted by Crippen LogP contribution is 2.18. The third kappa shape index (κ3) is 5.85. The summed E-state index contributed by atoms with van der Waals surface area (Å²) in [6, 6.07) is 6.28. The molecule has 0 saturated carbocycles. The molecule has 25 heavy (non-hydrogen) atoms. The van der Waals surface area contributed by atoms with E-state index in [-0.39, 0.29) is 42.5 Å². The SMILES string of the molecule is COC(=O)CCNC(=O)C1CCC(=O)N(CCc2cccc(F)c2)C1. The van der Waals surface area contributed by atoms with Crippen molar-refractivity contribution >= 4 is 17.8 Å². The molecule has 1 unspecified atom stereocenters. The number of piperidine rings is 1. The number of hydrogen-bond acceptors (Lipinski definition) is 4. The maximum absolute atomic E-state index is 13.2. The predicted octanol–water partition coefficient (Wildman–Crippen LogP) is 1.29. The molecule has 2 amide bonds. The zero-order chi connectivity index (χ0) is 18.2. The fourth-order valence-corrected chi connectivity index (χ4v) is 2.84. The molecule has 1 aromatic rings. The minimum Gasteiger partial charge on any atom is -0.469 e. The Morgan fingerprint density at radius 1 is 1.40 bits per heavy atom. The van der Waals surface area contributed by atoms with Crippen molar-refractivity contribution in [2.75, 3.05) is 26.7 Å². The quantitative estimate of drug-likeness (QED) is 0.752. The molecule has 0 aliphatic carbocycles. The standard InChI is InChI=1S/C18H23FN2O4/c1-25-17(23)7-9-20-18(24)14-5-6-16(22)21(12-14)10-8-13-3-2-4-15(19)11-13/h2-4,11,14H,5-10,12H2,1H3,(H,20,24). The summed E-state index contributed by atoms with van der Waals surface area (Å²) < 4.78 is 17.7. The first kappa shape index (κ1) is 18.9. The highest BCUT2D eigenvalue weighted by atomic mass is 19.1. The lowest BCUT2D eigenvalue weighted by Crippen LogP contribution is -2.46. The summed E-state index contributed by atoms with van der Waals surface area (Å²) in [5, 5.41) is 2.71. The van der Waals surface area contributed by atoms with Crippen molar-refractivity contribution in [2.45, 2.75) is 25.7 Å². The fraction of sp³-hybridized carbons (Fsp3) is 0.500. The van der Waals surface area contributed by atoms with Gasteiger partial charge in [0.15, 0.2) is 0 Å². The van der Waals surface area contributed by atoms with E-state index in [4.69, 9.17) is 0 Å². The molecule has 1 atom stereocenters. The Morgan fingerprint density at radius 2 is 2.20 bits per heavy atom. The van der Waals surface area contributed by atoms with E-state index in [0.717, 1.165) is 5.56 Å². The van der Waals surface area contributed by atoms with Crippen LogP contribution in [0.15, 0.2) is 24.3 Å². The second kappa shape index (κ2) is 9.15. The van der Waals surface area contributed by atoms with Crippen molar-refractivity contribution in [2.24, 2.45) is 5.92 Å². The van der Waals surface area contributed by atoms with E-state index in [1.807, 2.05) is 6.07 Å². The minimum absolute atomic E-state index is 0.00927. The second-order valence-corrected chi connectivity index (χ2v) is 6.07. The normalized spacial score (nSPS) is 17.3. The number of carbonyl (C=O) groups excluding carboxylic acids is 3. The summed E-state index contributed by atoms with van der Waals surface area (Å²) in [7, 11) is 1.30. The van der Waals surface area contributed by atoms with Gasteiger partial charge in [0.05, 0.1) is 19.4 Å². The van der Waals surface area contributed by atoms with Gasteiger partial charge in [-0.15, -0.1) is 0 Å². The van der Waals surface area contributed by atoms with Gasteiger partial charge in [0.2, 0.25) is 11.8 Å². The first-order valence-corrected chi connectivity index (χ1v) is 8.36. The van der Waals surface area contributed by atoms with E-state index in [1.54, 1.807) is 11.0 Å². The van der Waals surface area contributed by atoms with E-state index >= 15 is 0 Å². The molecule has 1 aliphatic heterocycles. The lowest BCUT2D eigenvalue weighted by atomic mass is 9.96. The molecule has 1 heterocycles. The molecule has 1 N–H and O–H groups in total. The molecular weight excluding hydrogens is 327 g/mol. The number of halogens is 1. The molecular formula is C18H23FN2O4. The largest absolute Gasteiger partial charge is 0.469 e. The number of nitrogens with one attached hydrogen (secondary N) is 1. The Morgan fingerprint density at radius 3 is 2.92 bits per heavy atom. The van der Waals surface area contributed by atoms with Gasteiger partial charge in [0.1, 0.15) is 5.82 Å². The third-order valence-electron chi connectivity index (χ3n) is 4.29. The van der Waals surface area contributed by atoms with Crippen molar-refractivity contribution in [1.29, 1.82) is 0 Å². The van der Waals surface area contributed by atoms with E-state index in [0.29, 0.717) is 32.4 Å². The molecule has 7 heteroatoms. The van der Waals surface area contributed by atoms with E-state index in [1.165, 1.54) is 19.2 Å². The van der Waals surface area contributed by atoms with Crippen LogP contribution in [0.5, 0.6) is 0 Å². The first-order valence-electron chi connectivity index (χ1n) is 8.36. The highest BCUT2D eigenvalue weighted by molar-refractivity contribution is 5.84. The zero-order valence-corrected chi connectivity index (χ0v) is 14.3. The van der Waals surface area contributed by atoms with Crippen LogP contribution in [0.3, 0.4) is 0 Å². The number of nitrogens with zero attached hydrogens (tertiary/aromatic N) is 1. The van der Waals surface area contributed by atoms with Gasteiger partial charge in [0, 0.05) is 26.1 Å². The molecule has 1 saturated heterocycles. The molecule has 1 aromatic carbocycles. The molecule has 0 aromatic heterocycles. The topological polar surface area (TPSA) is 75.7 Å². The van der Waals surface area contributed by atoms with Crippen LogP contribution >= 0.6 is 0 Å². The number of hydrogen-bond donors (Lipinski definition) is 1. The van der Waals surface area contributed by atoms with Crippen molar-refractivity contribution < 1.29 is 23.5 Å². The van der Waals surface area contributed by atoms with Gasteiger partial charge >= 0.3 is 5.97 Å². The number of methoxy groups -OCH3 is 1. The Balaban J connectivity index is 1.82. The zero-order valence-electron chi connectivity index (χ0n) is 14.3. The predicted molar refractivity (Wildman–Crippen MR) is 89.1 cm³/mol. The number of carbonyl (C=O) groups is 3. The summed E-state index contributed by atoms with van der Waals surface area (Å²) in [5.41, 5.74) is 0.817. The van der Waals surface area contributed by atoms with Gasteiger partial charge in [-0.2, -0.15) is 0 Å². The second-order valence-electron chi connectivity index (χ2n) is 6.07. The molecule has 1 fully saturated rings. The number of likely N-dealkylation sites (tertiary alicyclic amines) is 1. The van der Waals surface area contributed by atoms with Crippen LogP contribution in [0, 0.1) is 11.7 Å². The number of ether oxygens (including phenoxy) is 1. The van der Waals surface area contributed by atoms with Crippen LogP contribution in [0.4, 0.5) is 4.39 Å². The fourth-order valence-electron chi connectivity index (χ4n) is 2.84. The Hall–Kier alpha value is -2.44. The Labute approximate surface area is 146 Å². The molecule has 0 bridgehead atoms. The molecule has 0 spiro atoms. The summed E-state index contributed by atoms with van der Waals surface area (Å²) in [6.45, 7) is 1.02. The van der Waals surface area contributed by atoms with Gasteiger partial charge < -0.3 is 15.0 Å². The van der Waals surface area contributed by atoms with Gasteiger partial charge in [-0.25, -0.2) is 4.39 Å². The number of esters is 1. The van der Waals surface area contributed by atoms with Crippen molar-refractivity contribution in [3.63, 3.8) is 0 Å². The average molecular weight is 350 g/mol. The van der Waals surface area contributed by atoms with E-state index < -0.39 is 0 Å². The van der Waals surface area contributed by atoms with Crippen LogP contribution in [0.25, 0.3) is 0 Å². The average Bonchev–Trinajstić information content (AvgIpc) is 2.60. The Kier molecular flexibility index (Phi) is 6.91. The maximum atomic E-state index is 13.2. The lowest BCUT2D eigenvalue weighted by Gasteiger charge is -2.32. The van der Waals surface area contributed by atoms with E-state index in [9.17, 15) is 18.8 Å². The van der Waals surface area contributed by atoms with E-state index in [2.05, 4.69) is 10.1 Å². The van der Waals surface area contributed by atoms with Gasteiger partial charge in [0.25, 0.3) is 0 Å². The molecule has 6 nitrogen and oxygen atoms in total. The van der Waals surface area contributed by atoms with Crippen molar-refractivity contribution in [1.82, 2.24) is 10.2 Å². The van der Waals surface area contributed by atoms with Gasteiger partial charge in [-0.05, 0) is 30.5 Å². The maximum Gasteiger partial charge on any atom is 0.307 e. The molecule has 1 aliphatic rings. The summed E-state index contributed by atoms with van der Waals surface area (Å²) in [5.74, 6) is -1.12. The van der Waals surface area contributed by atoms with Gasteiger partial charge in [-0.1, -0.05) is 12.1 Å². The molecule has 2 rings (SSSR count). The monoisotopic (exact) mass is 350 g/mol. The minimum atomic E-state index is -0.379. The van der Waals surface area contributed by atoms with Crippen LogP contribution in [-0.4, -0.2) is 49.4 Å². The Bertz CT molecular complexity index is 635. The summed E-state index contributed by atoms with van der Waals surface area (Å²) >= 11 is 0. The highest BCUT2D eigenvalue weighted by Gasteiger charge is 2.29. The van der Waals surface area contributed by atoms with Crippen molar-refractivity contribution in [3.8, 4) is 0 Å². The number of amides is 2. The first-order chi connectivity index (χ1) is 12.0. The third-order valence-corrected chi connectivity index (χ3v) is 4.29.